The van der Waals surface area contributed by atoms with E-state index in [9.17, 15) is 14.4 Å². The Balaban J connectivity index is 4.38. The predicted molar refractivity (Wildman–Crippen MR) is 298 cm³/mol. The number of allylic oxidation sites excluding steroid dienone is 6. The largest absolute Gasteiger partial charge is 0.462 e. The first-order valence-electron chi connectivity index (χ1n) is 30.5. The van der Waals surface area contributed by atoms with Crippen LogP contribution in [0.4, 0.5) is 0 Å². The van der Waals surface area contributed by atoms with Crippen LogP contribution < -0.4 is 0 Å². The van der Waals surface area contributed by atoms with E-state index in [-0.39, 0.29) is 31.1 Å². The maximum absolute atomic E-state index is 12.9. The normalized spacial score (nSPS) is 12.2. The van der Waals surface area contributed by atoms with Gasteiger partial charge in [0.2, 0.25) is 0 Å². The Morgan fingerprint density at radius 1 is 0.290 bits per heavy atom. The fraction of sp³-hybridized carbons (Fsp3) is 0.857. The number of unbranched alkanes of at least 4 members (excludes halogenated alkanes) is 40. The van der Waals surface area contributed by atoms with Gasteiger partial charge in [-0.25, -0.2) is 0 Å². The molecule has 1 atom stereocenters. The Morgan fingerprint density at radius 2 is 0.522 bits per heavy atom. The van der Waals surface area contributed by atoms with Crippen molar-refractivity contribution in [2.24, 2.45) is 0 Å². The Morgan fingerprint density at radius 3 is 0.812 bits per heavy atom. The first-order chi connectivity index (χ1) is 34.0. The zero-order chi connectivity index (χ0) is 50.0. The van der Waals surface area contributed by atoms with Gasteiger partial charge in [-0.3, -0.25) is 14.4 Å². The highest BCUT2D eigenvalue weighted by atomic mass is 16.6. The second-order valence-corrected chi connectivity index (χ2v) is 20.6. The topological polar surface area (TPSA) is 78.9 Å². The van der Waals surface area contributed by atoms with Gasteiger partial charge in [0.05, 0.1) is 0 Å². The van der Waals surface area contributed by atoms with Gasteiger partial charge in [-0.15, -0.1) is 0 Å². The first kappa shape index (κ1) is 66.6. The molecule has 404 valence electrons. The van der Waals surface area contributed by atoms with Crippen molar-refractivity contribution in [1.82, 2.24) is 0 Å². The molecule has 69 heavy (non-hydrogen) atoms. The lowest BCUT2D eigenvalue weighted by molar-refractivity contribution is -0.167. The highest BCUT2D eigenvalue weighted by Crippen LogP contribution is 2.16. The van der Waals surface area contributed by atoms with Crippen LogP contribution >= 0.6 is 0 Å². The average molecular weight is 970 g/mol. The molecule has 6 heteroatoms. The van der Waals surface area contributed by atoms with Crippen LogP contribution in [0.15, 0.2) is 36.5 Å². The number of hydrogen-bond donors (Lipinski definition) is 0. The van der Waals surface area contributed by atoms with E-state index >= 15 is 0 Å². The molecule has 0 N–H and O–H groups in total. The van der Waals surface area contributed by atoms with Crippen molar-refractivity contribution in [3.8, 4) is 0 Å². The van der Waals surface area contributed by atoms with Crippen molar-refractivity contribution < 1.29 is 28.6 Å². The molecule has 0 aromatic carbocycles. The first-order valence-corrected chi connectivity index (χ1v) is 30.5. The van der Waals surface area contributed by atoms with Crippen molar-refractivity contribution >= 4 is 17.9 Å². The zero-order valence-corrected chi connectivity index (χ0v) is 46.3. The van der Waals surface area contributed by atoms with E-state index in [1.807, 2.05) is 0 Å². The number of carbonyl (C=O) groups excluding carboxylic acids is 3. The van der Waals surface area contributed by atoms with E-state index in [1.54, 1.807) is 0 Å². The van der Waals surface area contributed by atoms with E-state index in [0.717, 1.165) is 83.5 Å². The van der Waals surface area contributed by atoms with Crippen LogP contribution in [0.5, 0.6) is 0 Å². The van der Waals surface area contributed by atoms with Gasteiger partial charge in [0.1, 0.15) is 13.2 Å². The van der Waals surface area contributed by atoms with Crippen LogP contribution in [-0.4, -0.2) is 37.2 Å². The fourth-order valence-electron chi connectivity index (χ4n) is 9.02. The molecule has 0 spiro atoms. The summed E-state index contributed by atoms with van der Waals surface area (Å²) in [5.74, 6) is -0.880. The van der Waals surface area contributed by atoms with Crippen LogP contribution in [0.25, 0.3) is 0 Å². The molecule has 0 aliphatic carbocycles. The number of carbonyl (C=O) groups is 3. The predicted octanol–water partition coefficient (Wildman–Crippen LogP) is 20.4. The smallest absolute Gasteiger partial charge is 0.306 e. The summed E-state index contributed by atoms with van der Waals surface area (Å²) in [7, 11) is 0. The Bertz CT molecular complexity index is 1160. The molecule has 6 nitrogen and oxygen atoms in total. The maximum atomic E-state index is 12.9. The van der Waals surface area contributed by atoms with Crippen LogP contribution in [0, 0.1) is 0 Å². The van der Waals surface area contributed by atoms with Crippen LogP contribution in [0.3, 0.4) is 0 Å². The molecule has 0 fully saturated rings. The lowest BCUT2D eigenvalue weighted by atomic mass is 10.0. The molecule has 0 amide bonds. The second-order valence-electron chi connectivity index (χ2n) is 20.6. The molecule has 0 saturated heterocycles. The maximum Gasteiger partial charge on any atom is 0.306 e. The molecule has 0 radical (unpaired) electrons. The third kappa shape index (κ3) is 56.4. The summed E-state index contributed by atoms with van der Waals surface area (Å²) in [6.07, 6.45) is 69.9. The van der Waals surface area contributed by atoms with Gasteiger partial charge >= 0.3 is 17.9 Å². The summed E-state index contributed by atoms with van der Waals surface area (Å²) >= 11 is 0. The number of ether oxygens (including phenoxy) is 3. The Hall–Kier alpha value is -2.37. The molecule has 0 aliphatic heterocycles. The molecule has 0 saturated carbocycles. The molecule has 0 aliphatic rings. The van der Waals surface area contributed by atoms with E-state index < -0.39 is 6.10 Å². The summed E-state index contributed by atoms with van der Waals surface area (Å²) in [4.78, 5) is 38.2. The molecule has 0 aromatic heterocycles. The van der Waals surface area contributed by atoms with Crippen molar-refractivity contribution in [3.05, 3.63) is 36.5 Å². The van der Waals surface area contributed by atoms with Gasteiger partial charge < -0.3 is 14.2 Å². The Labute approximate surface area is 429 Å². The minimum absolute atomic E-state index is 0.0767. The van der Waals surface area contributed by atoms with Gasteiger partial charge in [-0.05, 0) is 70.6 Å². The monoisotopic (exact) mass is 969 g/mol. The van der Waals surface area contributed by atoms with Crippen molar-refractivity contribution in [3.63, 3.8) is 0 Å². The highest BCUT2D eigenvalue weighted by molar-refractivity contribution is 5.71. The van der Waals surface area contributed by atoms with Gasteiger partial charge in [-0.2, -0.15) is 0 Å². The molecule has 0 bridgehead atoms. The number of hydrogen-bond acceptors (Lipinski definition) is 6. The summed E-state index contributed by atoms with van der Waals surface area (Å²) in [6.45, 7) is 6.67. The van der Waals surface area contributed by atoms with Gasteiger partial charge in [-0.1, -0.05) is 276 Å². The highest BCUT2D eigenvalue weighted by Gasteiger charge is 2.19. The Kier molecular flexibility index (Phi) is 56.2. The number of esters is 3. The summed E-state index contributed by atoms with van der Waals surface area (Å²) in [5, 5.41) is 0. The molecule has 0 heterocycles. The molecule has 0 aromatic rings. The molecule has 1 unspecified atom stereocenters. The SMILES string of the molecule is CCCCCCCCC/C=C\C=C/CCCCCCCC(=O)OCC(COC(=O)CCCCCCCCCCCCCCCCC)OC(=O)CCCCCCC/C=C\CCCCCCCCCCC. The van der Waals surface area contributed by atoms with Crippen LogP contribution in [0.2, 0.25) is 0 Å². The van der Waals surface area contributed by atoms with Crippen molar-refractivity contribution in [2.75, 3.05) is 13.2 Å². The van der Waals surface area contributed by atoms with E-state index in [4.69, 9.17) is 14.2 Å². The number of rotatable bonds is 56. The average Bonchev–Trinajstić information content (AvgIpc) is 3.35. The van der Waals surface area contributed by atoms with Gasteiger partial charge in [0.25, 0.3) is 0 Å². The standard InChI is InChI=1S/C63H116O6/c1-4-7-10-13-16-19-22-25-28-30-32-35-38-41-44-47-50-53-56-62(65)68-59-60(58-67-61(64)55-52-49-46-43-40-37-34-27-24-21-18-15-12-9-6-3)69-63(66)57-54-51-48-45-42-39-36-33-31-29-26-23-20-17-14-11-8-5-2/h28,30,32-33,35-36,60H,4-27,29,31,34,37-59H2,1-3H3/b30-28-,35-32-,36-33-. The van der Waals surface area contributed by atoms with Crippen LogP contribution in [0.1, 0.15) is 329 Å². The van der Waals surface area contributed by atoms with E-state index in [2.05, 4.69) is 57.2 Å². The van der Waals surface area contributed by atoms with E-state index in [0.29, 0.717) is 19.3 Å². The molecular weight excluding hydrogens is 853 g/mol. The lowest BCUT2D eigenvalue weighted by Gasteiger charge is -2.18. The lowest BCUT2D eigenvalue weighted by Crippen LogP contribution is -2.30. The molecular formula is C63H116O6. The minimum Gasteiger partial charge on any atom is -0.462 e. The van der Waals surface area contributed by atoms with Gasteiger partial charge in [0, 0.05) is 19.3 Å². The third-order valence-electron chi connectivity index (χ3n) is 13.6. The quantitative estimate of drug-likeness (QED) is 0.0199. The molecule has 0 rings (SSSR count). The van der Waals surface area contributed by atoms with Crippen LogP contribution in [-0.2, 0) is 28.6 Å². The fourth-order valence-corrected chi connectivity index (χ4v) is 9.02. The second kappa shape index (κ2) is 58.2. The summed E-state index contributed by atoms with van der Waals surface area (Å²) in [5.41, 5.74) is 0. The van der Waals surface area contributed by atoms with Crippen molar-refractivity contribution in [1.29, 1.82) is 0 Å². The zero-order valence-electron chi connectivity index (χ0n) is 46.3. The van der Waals surface area contributed by atoms with E-state index in [1.165, 1.54) is 205 Å². The van der Waals surface area contributed by atoms with Gasteiger partial charge in [0.15, 0.2) is 6.10 Å². The third-order valence-corrected chi connectivity index (χ3v) is 13.6. The minimum atomic E-state index is -0.781. The van der Waals surface area contributed by atoms with Crippen molar-refractivity contribution in [2.45, 2.75) is 335 Å². The summed E-state index contributed by atoms with van der Waals surface area (Å²) < 4.78 is 16.9. The summed E-state index contributed by atoms with van der Waals surface area (Å²) in [6, 6.07) is 0.